The highest BCUT2D eigenvalue weighted by molar-refractivity contribution is 5.88. The minimum Gasteiger partial charge on any atom is -0.493 e. The first-order valence-corrected chi connectivity index (χ1v) is 6.89. The van der Waals surface area contributed by atoms with E-state index >= 15 is 0 Å². The van der Waals surface area contributed by atoms with Gasteiger partial charge in [-0.3, -0.25) is 4.79 Å². The molecule has 112 valence electrons. The summed E-state index contributed by atoms with van der Waals surface area (Å²) in [5.41, 5.74) is 0.756. The molecule has 1 rings (SSSR count). The smallest absolute Gasteiger partial charge is 0.221 e. The van der Waals surface area contributed by atoms with Gasteiger partial charge >= 0.3 is 0 Å². The number of hydrogen-bond acceptors (Lipinski definition) is 4. The van der Waals surface area contributed by atoms with E-state index in [1.165, 1.54) is 6.92 Å². The Balaban J connectivity index is 2.35. The van der Waals surface area contributed by atoms with E-state index in [0.29, 0.717) is 26.2 Å². The second-order valence-electron chi connectivity index (χ2n) is 4.18. The summed E-state index contributed by atoms with van der Waals surface area (Å²) in [6.45, 7) is 7.11. The van der Waals surface area contributed by atoms with Crippen LogP contribution in [-0.2, 0) is 14.3 Å². The minimum absolute atomic E-state index is 0.0880. The number of benzene rings is 1. The molecular formula is C15H23NO4. The van der Waals surface area contributed by atoms with Crippen molar-refractivity contribution in [2.45, 2.75) is 33.5 Å². The maximum Gasteiger partial charge on any atom is 0.221 e. The molecule has 0 atom stereocenters. The Morgan fingerprint density at radius 2 is 1.75 bits per heavy atom. The molecule has 0 saturated carbocycles. The van der Waals surface area contributed by atoms with Crippen LogP contribution in [0.2, 0.25) is 0 Å². The predicted molar refractivity (Wildman–Crippen MR) is 77.9 cm³/mol. The lowest BCUT2D eigenvalue weighted by atomic mass is 10.3. The normalized spacial score (nSPS) is 10.6. The molecule has 0 saturated heterocycles. The van der Waals surface area contributed by atoms with Gasteiger partial charge in [0.05, 0.1) is 6.61 Å². The van der Waals surface area contributed by atoms with Crippen molar-refractivity contribution in [3.8, 4) is 5.75 Å². The number of hydrogen-bond donors (Lipinski definition) is 1. The van der Waals surface area contributed by atoms with Crippen LogP contribution in [0.3, 0.4) is 0 Å². The third-order valence-electron chi connectivity index (χ3n) is 2.50. The minimum atomic E-state index is -0.219. The van der Waals surface area contributed by atoms with Crippen LogP contribution >= 0.6 is 0 Å². The first-order valence-electron chi connectivity index (χ1n) is 6.89. The van der Waals surface area contributed by atoms with Gasteiger partial charge in [0, 0.05) is 32.2 Å². The highest BCUT2D eigenvalue weighted by Crippen LogP contribution is 2.16. The van der Waals surface area contributed by atoms with Crippen LogP contribution in [0.4, 0.5) is 5.69 Å². The zero-order valence-corrected chi connectivity index (χ0v) is 12.3. The van der Waals surface area contributed by atoms with Crippen molar-refractivity contribution < 1.29 is 19.0 Å². The van der Waals surface area contributed by atoms with Crippen molar-refractivity contribution in [2.24, 2.45) is 0 Å². The fraction of sp³-hybridized carbons (Fsp3) is 0.533. The van der Waals surface area contributed by atoms with Gasteiger partial charge in [-0.2, -0.15) is 0 Å². The fourth-order valence-electron chi connectivity index (χ4n) is 1.70. The van der Waals surface area contributed by atoms with Crippen molar-refractivity contribution in [1.82, 2.24) is 0 Å². The summed E-state index contributed by atoms with van der Waals surface area (Å²) in [5, 5.41) is 2.71. The summed E-state index contributed by atoms with van der Waals surface area (Å²) in [6.07, 6.45) is 0.457. The molecule has 0 aliphatic heterocycles. The molecule has 0 heterocycles. The lowest BCUT2D eigenvalue weighted by Gasteiger charge is -2.17. The largest absolute Gasteiger partial charge is 0.493 e. The number of rotatable bonds is 9. The van der Waals surface area contributed by atoms with E-state index in [9.17, 15) is 4.79 Å². The highest BCUT2D eigenvalue weighted by atomic mass is 16.7. The van der Waals surface area contributed by atoms with Gasteiger partial charge in [-0.25, -0.2) is 0 Å². The molecule has 1 amide bonds. The maximum absolute atomic E-state index is 10.9. The SMILES string of the molecule is CCOC(CCOc1ccc(NC(C)=O)cc1)OCC. The van der Waals surface area contributed by atoms with Crippen molar-refractivity contribution in [3.05, 3.63) is 24.3 Å². The zero-order chi connectivity index (χ0) is 14.8. The second kappa shape index (κ2) is 9.34. The van der Waals surface area contributed by atoms with Gasteiger partial charge in [0.1, 0.15) is 5.75 Å². The molecule has 5 nitrogen and oxygen atoms in total. The van der Waals surface area contributed by atoms with Crippen LogP contribution in [0.15, 0.2) is 24.3 Å². The van der Waals surface area contributed by atoms with Crippen LogP contribution < -0.4 is 10.1 Å². The Hall–Kier alpha value is -1.59. The van der Waals surface area contributed by atoms with E-state index in [1.54, 1.807) is 12.1 Å². The van der Waals surface area contributed by atoms with E-state index in [1.807, 2.05) is 26.0 Å². The summed E-state index contributed by atoms with van der Waals surface area (Å²) in [5.74, 6) is 0.667. The zero-order valence-electron chi connectivity index (χ0n) is 12.3. The van der Waals surface area contributed by atoms with E-state index in [0.717, 1.165) is 11.4 Å². The van der Waals surface area contributed by atoms with Crippen LogP contribution in [0.1, 0.15) is 27.2 Å². The summed E-state index contributed by atoms with van der Waals surface area (Å²) < 4.78 is 16.5. The average Bonchev–Trinajstić information content (AvgIpc) is 2.40. The highest BCUT2D eigenvalue weighted by Gasteiger charge is 2.07. The van der Waals surface area contributed by atoms with Gasteiger partial charge in [-0.1, -0.05) is 0 Å². The first kappa shape index (κ1) is 16.5. The molecule has 0 fully saturated rings. The van der Waals surface area contributed by atoms with Gasteiger partial charge in [0.15, 0.2) is 6.29 Å². The lowest BCUT2D eigenvalue weighted by molar-refractivity contribution is -0.142. The topological polar surface area (TPSA) is 56.8 Å². The first-order chi connectivity index (χ1) is 9.65. The van der Waals surface area contributed by atoms with Crippen molar-refractivity contribution in [1.29, 1.82) is 0 Å². The molecule has 1 aromatic carbocycles. The van der Waals surface area contributed by atoms with Gasteiger partial charge in [-0.15, -0.1) is 0 Å². The predicted octanol–water partition coefficient (Wildman–Crippen LogP) is 2.81. The van der Waals surface area contributed by atoms with E-state index in [2.05, 4.69) is 5.32 Å². The molecule has 0 aliphatic rings. The number of carbonyl (C=O) groups excluding carboxylic acids is 1. The van der Waals surface area contributed by atoms with Crippen LogP contribution in [0.5, 0.6) is 5.75 Å². The average molecular weight is 281 g/mol. The Morgan fingerprint density at radius 3 is 2.25 bits per heavy atom. The maximum atomic E-state index is 10.9. The Morgan fingerprint density at radius 1 is 1.15 bits per heavy atom. The third kappa shape index (κ3) is 6.54. The molecule has 5 heteroatoms. The number of anilines is 1. The number of ether oxygens (including phenoxy) is 3. The quantitative estimate of drug-likeness (QED) is 0.707. The van der Waals surface area contributed by atoms with Gasteiger partial charge < -0.3 is 19.5 Å². The van der Waals surface area contributed by atoms with Crippen molar-refractivity contribution >= 4 is 11.6 Å². The third-order valence-corrected chi connectivity index (χ3v) is 2.50. The lowest BCUT2D eigenvalue weighted by Crippen LogP contribution is -2.20. The molecule has 1 N–H and O–H groups in total. The summed E-state index contributed by atoms with van der Waals surface area (Å²) in [6, 6.07) is 7.25. The molecule has 0 aliphatic carbocycles. The molecule has 0 bridgehead atoms. The van der Waals surface area contributed by atoms with E-state index in [-0.39, 0.29) is 12.2 Å². The van der Waals surface area contributed by atoms with Crippen molar-refractivity contribution in [3.63, 3.8) is 0 Å². The molecular weight excluding hydrogens is 258 g/mol. The molecule has 0 unspecified atom stereocenters. The summed E-state index contributed by atoms with van der Waals surface area (Å²) in [7, 11) is 0. The second-order valence-corrected chi connectivity index (χ2v) is 4.18. The molecule has 0 aromatic heterocycles. The number of amides is 1. The van der Waals surface area contributed by atoms with Crippen LogP contribution in [0.25, 0.3) is 0 Å². The van der Waals surface area contributed by atoms with Gasteiger partial charge in [-0.05, 0) is 38.1 Å². The standard InChI is InChI=1S/C15H23NO4/c1-4-18-15(19-5-2)10-11-20-14-8-6-13(7-9-14)16-12(3)17/h6-9,15H,4-5,10-11H2,1-3H3,(H,16,17). The van der Waals surface area contributed by atoms with E-state index in [4.69, 9.17) is 14.2 Å². The Labute approximate surface area is 120 Å². The number of nitrogens with one attached hydrogen (secondary N) is 1. The van der Waals surface area contributed by atoms with E-state index < -0.39 is 0 Å². The summed E-state index contributed by atoms with van der Waals surface area (Å²) in [4.78, 5) is 10.9. The Kier molecular flexibility index (Phi) is 7.69. The number of carbonyl (C=O) groups is 1. The fourth-order valence-corrected chi connectivity index (χ4v) is 1.70. The Bertz CT molecular complexity index is 385. The van der Waals surface area contributed by atoms with Crippen LogP contribution in [-0.4, -0.2) is 32.0 Å². The molecule has 0 spiro atoms. The molecule has 0 radical (unpaired) electrons. The van der Waals surface area contributed by atoms with Crippen LogP contribution in [0, 0.1) is 0 Å². The monoisotopic (exact) mass is 281 g/mol. The van der Waals surface area contributed by atoms with Gasteiger partial charge in [0.25, 0.3) is 0 Å². The molecule has 20 heavy (non-hydrogen) atoms. The molecule has 1 aromatic rings. The van der Waals surface area contributed by atoms with Crippen molar-refractivity contribution in [2.75, 3.05) is 25.1 Å². The van der Waals surface area contributed by atoms with Gasteiger partial charge in [0.2, 0.25) is 5.91 Å². The summed E-state index contributed by atoms with van der Waals surface area (Å²) >= 11 is 0.